The summed E-state index contributed by atoms with van der Waals surface area (Å²) in [7, 11) is -3.80. The zero-order valence-corrected chi connectivity index (χ0v) is 15.1. The Hall–Kier alpha value is -2.51. The zero-order valence-electron chi connectivity index (χ0n) is 14.2. The number of hydrogen-bond acceptors (Lipinski definition) is 4. The number of aryl methyl sites for hydroxylation is 1. The van der Waals surface area contributed by atoms with Gasteiger partial charge >= 0.3 is 0 Å². The molecule has 2 aromatic rings. The number of ketones is 1. The van der Waals surface area contributed by atoms with Crippen LogP contribution in [0.25, 0.3) is 0 Å². The molecule has 132 valence electrons. The SMILES string of the molecule is CC(=O)c1cccc(NC(=O)[C@H](C)NS(=O)(=O)c2ccc(C)cc2)c1. The molecule has 0 unspecified atom stereocenters. The van der Waals surface area contributed by atoms with Crippen molar-refractivity contribution in [2.75, 3.05) is 5.32 Å². The van der Waals surface area contributed by atoms with Gasteiger partial charge in [-0.1, -0.05) is 29.8 Å². The Morgan fingerprint density at radius 2 is 1.68 bits per heavy atom. The van der Waals surface area contributed by atoms with Gasteiger partial charge in [0.1, 0.15) is 0 Å². The Morgan fingerprint density at radius 3 is 2.28 bits per heavy atom. The Morgan fingerprint density at radius 1 is 1.04 bits per heavy atom. The second-order valence-corrected chi connectivity index (χ2v) is 7.50. The van der Waals surface area contributed by atoms with Crippen molar-refractivity contribution in [3.63, 3.8) is 0 Å². The minimum Gasteiger partial charge on any atom is -0.325 e. The second kappa shape index (κ2) is 7.58. The summed E-state index contributed by atoms with van der Waals surface area (Å²) in [6, 6.07) is 11.8. The summed E-state index contributed by atoms with van der Waals surface area (Å²) in [4.78, 5) is 23.7. The number of carbonyl (C=O) groups is 2. The van der Waals surface area contributed by atoms with Gasteiger partial charge in [0.2, 0.25) is 15.9 Å². The highest BCUT2D eigenvalue weighted by Gasteiger charge is 2.22. The third-order valence-corrected chi connectivity index (χ3v) is 5.15. The van der Waals surface area contributed by atoms with Crippen LogP contribution in [0.3, 0.4) is 0 Å². The van der Waals surface area contributed by atoms with E-state index in [9.17, 15) is 18.0 Å². The maximum Gasteiger partial charge on any atom is 0.242 e. The highest BCUT2D eigenvalue weighted by molar-refractivity contribution is 7.89. The van der Waals surface area contributed by atoms with Crippen molar-refractivity contribution in [2.45, 2.75) is 31.7 Å². The van der Waals surface area contributed by atoms with Gasteiger partial charge in [-0.25, -0.2) is 8.42 Å². The van der Waals surface area contributed by atoms with Gasteiger partial charge in [0.05, 0.1) is 10.9 Å². The van der Waals surface area contributed by atoms with Crippen molar-refractivity contribution >= 4 is 27.4 Å². The summed E-state index contributed by atoms with van der Waals surface area (Å²) in [5.74, 6) is -0.638. The van der Waals surface area contributed by atoms with Gasteiger partial charge in [0.25, 0.3) is 0 Å². The summed E-state index contributed by atoms with van der Waals surface area (Å²) in [6.45, 7) is 4.74. The van der Waals surface area contributed by atoms with E-state index < -0.39 is 22.0 Å². The van der Waals surface area contributed by atoms with Gasteiger partial charge in [-0.3, -0.25) is 9.59 Å². The maximum atomic E-state index is 12.3. The van der Waals surface area contributed by atoms with Gasteiger partial charge in [0.15, 0.2) is 5.78 Å². The maximum absolute atomic E-state index is 12.3. The van der Waals surface area contributed by atoms with E-state index in [-0.39, 0.29) is 10.7 Å². The van der Waals surface area contributed by atoms with Crippen LogP contribution in [0.5, 0.6) is 0 Å². The number of nitrogens with one attached hydrogen (secondary N) is 2. The summed E-state index contributed by atoms with van der Waals surface area (Å²) in [6.07, 6.45) is 0. The molecule has 1 amide bonds. The standard InChI is InChI=1S/C18H20N2O4S/c1-12-7-9-17(10-8-12)25(23,24)20-13(2)18(22)19-16-6-4-5-15(11-16)14(3)21/h4-11,13,20H,1-3H3,(H,19,22)/t13-/m0/s1. The van der Waals surface area contributed by atoms with Crippen LogP contribution in [-0.2, 0) is 14.8 Å². The van der Waals surface area contributed by atoms with E-state index in [1.807, 2.05) is 6.92 Å². The van der Waals surface area contributed by atoms with Crippen molar-refractivity contribution in [3.8, 4) is 0 Å². The highest BCUT2D eigenvalue weighted by atomic mass is 32.2. The van der Waals surface area contributed by atoms with E-state index in [0.29, 0.717) is 11.3 Å². The first-order valence-corrected chi connectivity index (χ1v) is 9.18. The number of anilines is 1. The molecule has 0 aliphatic rings. The predicted octanol–water partition coefficient (Wildman–Crippen LogP) is 2.50. The van der Waals surface area contributed by atoms with Crippen LogP contribution >= 0.6 is 0 Å². The third-order valence-electron chi connectivity index (χ3n) is 3.59. The first kappa shape index (κ1) is 18.8. The van der Waals surface area contributed by atoms with Crippen molar-refractivity contribution in [3.05, 3.63) is 59.7 Å². The van der Waals surface area contributed by atoms with Crippen molar-refractivity contribution < 1.29 is 18.0 Å². The fourth-order valence-electron chi connectivity index (χ4n) is 2.14. The average molecular weight is 360 g/mol. The number of benzene rings is 2. The van der Waals surface area contributed by atoms with Crippen LogP contribution < -0.4 is 10.0 Å². The highest BCUT2D eigenvalue weighted by Crippen LogP contribution is 2.13. The molecular weight excluding hydrogens is 340 g/mol. The minimum atomic E-state index is -3.80. The largest absolute Gasteiger partial charge is 0.325 e. The fourth-order valence-corrected chi connectivity index (χ4v) is 3.34. The molecule has 0 aromatic heterocycles. The van der Waals surface area contributed by atoms with Gasteiger partial charge < -0.3 is 5.32 Å². The lowest BCUT2D eigenvalue weighted by molar-refractivity contribution is -0.117. The number of sulfonamides is 1. The van der Waals surface area contributed by atoms with Gasteiger partial charge in [-0.05, 0) is 45.0 Å². The second-order valence-electron chi connectivity index (χ2n) is 5.78. The molecule has 2 aromatic carbocycles. The van der Waals surface area contributed by atoms with Crippen LogP contribution in [0.1, 0.15) is 29.8 Å². The van der Waals surface area contributed by atoms with Gasteiger partial charge in [-0.15, -0.1) is 0 Å². The molecule has 0 bridgehead atoms. The number of rotatable bonds is 6. The molecular formula is C18H20N2O4S. The van der Waals surface area contributed by atoms with Gasteiger partial charge in [0, 0.05) is 11.3 Å². The van der Waals surface area contributed by atoms with Crippen LogP contribution in [0.15, 0.2) is 53.4 Å². The molecule has 0 saturated heterocycles. The molecule has 0 spiro atoms. The quantitative estimate of drug-likeness (QED) is 0.774. The molecule has 2 N–H and O–H groups in total. The van der Waals surface area contributed by atoms with Crippen LogP contribution in [0.4, 0.5) is 5.69 Å². The fraction of sp³-hybridized carbons (Fsp3) is 0.222. The average Bonchev–Trinajstić information content (AvgIpc) is 2.55. The zero-order chi connectivity index (χ0) is 18.6. The number of Topliss-reactive ketones (excluding diaryl/α,β-unsaturated/α-hetero) is 1. The van der Waals surface area contributed by atoms with E-state index in [4.69, 9.17) is 0 Å². The molecule has 0 aliphatic carbocycles. The molecule has 0 radical (unpaired) electrons. The third kappa shape index (κ3) is 4.98. The molecule has 0 saturated carbocycles. The summed E-state index contributed by atoms with van der Waals surface area (Å²) >= 11 is 0. The molecule has 0 fully saturated rings. The van der Waals surface area contributed by atoms with Crippen LogP contribution in [0, 0.1) is 6.92 Å². The summed E-state index contributed by atoms with van der Waals surface area (Å²) < 4.78 is 27.0. The van der Waals surface area contributed by atoms with Crippen molar-refractivity contribution in [1.82, 2.24) is 4.72 Å². The Kier molecular flexibility index (Phi) is 5.71. The van der Waals surface area contributed by atoms with Crippen molar-refractivity contribution in [1.29, 1.82) is 0 Å². The molecule has 1 atom stereocenters. The molecule has 2 rings (SSSR count). The van der Waals surface area contributed by atoms with E-state index in [0.717, 1.165) is 5.56 Å². The van der Waals surface area contributed by atoms with Crippen LogP contribution in [-0.4, -0.2) is 26.2 Å². The lowest BCUT2D eigenvalue weighted by Gasteiger charge is -2.15. The molecule has 25 heavy (non-hydrogen) atoms. The Labute approximate surface area is 147 Å². The molecule has 0 heterocycles. The van der Waals surface area contributed by atoms with Gasteiger partial charge in [-0.2, -0.15) is 4.72 Å². The van der Waals surface area contributed by atoms with Crippen molar-refractivity contribution in [2.24, 2.45) is 0 Å². The number of carbonyl (C=O) groups excluding carboxylic acids is 2. The van der Waals surface area contributed by atoms with E-state index >= 15 is 0 Å². The first-order chi connectivity index (χ1) is 11.7. The predicted molar refractivity (Wildman–Crippen MR) is 96.0 cm³/mol. The monoisotopic (exact) mass is 360 g/mol. The topological polar surface area (TPSA) is 92.3 Å². The lowest BCUT2D eigenvalue weighted by atomic mass is 10.1. The normalized spacial score (nSPS) is 12.4. The Bertz CT molecular complexity index is 890. The summed E-state index contributed by atoms with van der Waals surface area (Å²) in [5, 5.41) is 2.60. The molecule has 0 aliphatic heterocycles. The summed E-state index contributed by atoms with van der Waals surface area (Å²) in [5.41, 5.74) is 1.83. The lowest BCUT2D eigenvalue weighted by Crippen LogP contribution is -2.41. The van der Waals surface area contributed by atoms with E-state index in [1.54, 1.807) is 36.4 Å². The van der Waals surface area contributed by atoms with Crippen LogP contribution in [0.2, 0.25) is 0 Å². The van der Waals surface area contributed by atoms with E-state index in [2.05, 4.69) is 10.0 Å². The first-order valence-electron chi connectivity index (χ1n) is 7.70. The molecule has 7 heteroatoms. The number of hydrogen-bond donors (Lipinski definition) is 2. The minimum absolute atomic E-state index is 0.0938. The van der Waals surface area contributed by atoms with E-state index in [1.165, 1.54) is 26.0 Å². The smallest absolute Gasteiger partial charge is 0.242 e. The molecule has 6 nitrogen and oxygen atoms in total. The Balaban J connectivity index is 2.08. The number of amides is 1.